The third kappa shape index (κ3) is 2.36. The van der Waals surface area contributed by atoms with Crippen LogP contribution in [-0.4, -0.2) is 35.9 Å². The number of carbonyl (C=O) groups excluding carboxylic acids is 3. The fourth-order valence-corrected chi connectivity index (χ4v) is 0.908. The van der Waals surface area contributed by atoms with Gasteiger partial charge in [-0.2, -0.15) is 12.6 Å². The van der Waals surface area contributed by atoms with Gasteiger partial charge in [-0.25, -0.2) is 4.79 Å². The summed E-state index contributed by atoms with van der Waals surface area (Å²) in [4.78, 5) is 32.6. The average Bonchev–Trinajstić information content (AvgIpc) is 2.44. The topological polar surface area (TPSA) is 111 Å². The lowest BCUT2D eigenvalue weighted by molar-refractivity contribution is -0.155. The molecule has 0 radical (unpaired) electrons. The fraction of sp³-hybridized carbons (Fsp3) is 0.500. The second-order valence-electron chi connectivity index (χ2n) is 2.57. The van der Waals surface area contributed by atoms with E-state index in [2.05, 4.69) is 22.7 Å². The zero-order chi connectivity index (χ0) is 10.7. The van der Waals surface area contributed by atoms with Crippen molar-refractivity contribution in [1.82, 2.24) is 10.6 Å². The number of amides is 3. The van der Waals surface area contributed by atoms with E-state index in [4.69, 9.17) is 5.73 Å². The van der Waals surface area contributed by atoms with E-state index in [1.165, 1.54) is 0 Å². The van der Waals surface area contributed by atoms with Crippen molar-refractivity contribution in [2.45, 2.75) is 12.3 Å². The van der Waals surface area contributed by atoms with Crippen molar-refractivity contribution >= 4 is 30.5 Å². The maximum Gasteiger partial charge on any atom is 0.326 e. The molecule has 78 valence electrons. The third-order valence-electron chi connectivity index (χ3n) is 1.47. The zero-order valence-electron chi connectivity index (χ0n) is 7.02. The number of imide groups is 1. The summed E-state index contributed by atoms with van der Waals surface area (Å²) in [6, 6.07) is -1.61. The molecule has 1 fully saturated rings. The molecule has 1 unspecified atom stereocenters. The Labute approximate surface area is 84.8 Å². The van der Waals surface area contributed by atoms with Gasteiger partial charge in [-0.1, -0.05) is 0 Å². The standard InChI is InChI=1S/C6H9N3O4S/c7-2(1-14)5(11)13-4-3(10)8-6(12)9-4/h2,4,14H,1,7H2,(H2,8,9,10,12)/t2-,4?/m0/s1. The Kier molecular flexibility index (Phi) is 3.31. The summed E-state index contributed by atoms with van der Waals surface area (Å²) in [7, 11) is 0. The first-order chi connectivity index (χ1) is 6.54. The summed E-state index contributed by atoms with van der Waals surface area (Å²) in [5.74, 6) is -1.40. The number of esters is 1. The molecule has 1 aliphatic rings. The molecule has 0 spiro atoms. The van der Waals surface area contributed by atoms with Gasteiger partial charge in [0, 0.05) is 5.75 Å². The summed E-state index contributed by atoms with van der Waals surface area (Å²) in [5, 5.41) is 3.99. The number of nitrogens with two attached hydrogens (primary N) is 1. The number of hydrogen-bond acceptors (Lipinski definition) is 6. The molecule has 0 aromatic rings. The van der Waals surface area contributed by atoms with Crippen molar-refractivity contribution in [3.05, 3.63) is 0 Å². The second kappa shape index (κ2) is 4.29. The van der Waals surface area contributed by atoms with E-state index < -0.39 is 30.2 Å². The zero-order valence-corrected chi connectivity index (χ0v) is 7.91. The summed E-state index contributed by atoms with van der Waals surface area (Å²) in [6.07, 6.45) is -1.29. The number of nitrogens with one attached hydrogen (secondary N) is 2. The molecule has 4 N–H and O–H groups in total. The molecule has 8 heteroatoms. The highest BCUT2D eigenvalue weighted by molar-refractivity contribution is 7.80. The fourth-order valence-electron chi connectivity index (χ4n) is 0.759. The lowest BCUT2D eigenvalue weighted by atomic mass is 10.4. The van der Waals surface area contributed by atoms with Crippen LogP contribution in [0.1, 0.15) is 0 Å². The predicted molar refractivity (Wildman–Crippen MR) is 48.4 cm³/mol. The van der Waals surface area contributed by atoms with Crippen molar-refractivity contribution in [2.24, 2.45) is 5.73 Å². The van der Waals surface area contributed by atoms with Gasteiger partial charge in [0.15, 0.2) is 0 Å². The molecule has 0 bridgehead atoms. The van der Waals surface area contributed by atoms with Gasteiger partial charge in [0.05, 0.1) is 0 Å². The van der Waals surface area contributed by atoms with Crippen molar-refractivity contribution in [2.75, 3.05) is 5.75 Å². The van der Waals surface area contributed by atoms with Gasteiger partial charge < -0.3 is 10.5 Å². The molecule has 1 aliphatic heterocycles. The summed E-state index contributed by atoms with van der Waals surface area (Å²) in [5.41, 5.74) is 5.28. The highest BCUT2D eigenvalue weighted by Gasteiger charge is 2.33. The maximum atomic E-state index is 11.1. The first-order valence-electron chi connectivity index (χ1n) is 3.73. The third-order valence-corrected chi connectivity index (χ3v) is 1.86. The largest absolute Gasteiger partial charge is 0.431 e. The summed E-state index contributed by atoms with van der Waals surface area (Å²) in [6.45, 7) is 0. The molecule has 14 heavy (non-hydrogen) atoms. The Morgan fingerprint density at radius 1 is 1.64 bits per heavy atom. The van der Waals surface area contributed by atoms with Crippen LogP contribution in [0.4, 0.5) is 4.79 Å². The first-order valence-corrected chi connectivity index (χ1v) is 4.36. The highest BCUT2D eigenvalue weighted by Crippen LogP contribution is 1.98. The minimum atomic E-state index is -1.29. The van der Waals surface area contributed by atoms with Crippen LogP contribution in [0.3, 0.4) is 0 Å². The predicted octanol–water partition coefficient (Wildman–Crippen LogP) is -2.05. The van der Waals surface area contributed by atoms with E-state index in [9.17, 15) is 14.4 Å². The molecule has 2 atom stereocenters. The lowest BCUT2D eigenvalue weighted by Crippen LogP contribution is -2.41. The number of thiol groups is 1. The molecule has 0 aromatic heterocycles. The molecule has 0 saturated carbocycles. The van der Waals surface area contributed by atoms with Gasteiger partial charge in [-0.05, 0) is 0 Å². The second-order valence-corrected chi connectivity index (χ2v) is 2.93. The van der Waals surface area contributed by atoms with Crippen LogP contribution >= 0.6 is 12.6 Å². The van der Waals surface area contributed by atoms with Gasteiger partial charge in [0.25, 0.3) is 12.1 Å². The summed E-state index contributed by atoms with van der Waals surface area (Å²) < 4.78 is 4.59. The van der Waals surface area contributed by atoms with Crippen LogP contribution in [-0.2, 0) is 14.3 Å². The van der Waals surface area contributed by atoms with E-state index in [1.54, 1.807) is 0 Å². The Morgan fingerprint density at radius 2 is 2.29 bits per heavy atom. The van der Waals surface area contributed by atoms with Crippen molar-refractivity contribution in [3.8, 4) is 0 Å². The molecular formula is C6H9N3O4S. The Bertz CT molecular complexity index is 282. The molecule has 0 aromatic carbocycles. The van der Waals surface area contributed by atoms with Gasteiger partial charge in [-0.3, -0.25) is 20.2 Å². The van der Waals surface area contributed by atoms with Gasteiger partial charge in [-0.15, -0.1) is 0 Å². The van der Waals surface area contributed by atoms with Crippen molar-refractivity contribution in [1.29, 1.82) is 0 Å². The monoisotopic (exact) mass is 219 g/mol. The van der Waals surface area contributed by atoms with Gasteiger partial charge >= 0.3 is 12.0 Å². The smallest absolute Gasteiger partial charge is 0.326 e. The van der Waals surface area contributed by atoms with Crippen molar-refractivity contribution < 1.29 is 19.1 Å². The minimum absolute atomic E-state index is 0.0983. The van der Waals surface area contributed by atoms with Crippen LogP contribution in [0, 0.1) is 0 Å². The minimum Gasteiger partial charge on any atom is -0.431 e. The van der Waals surface area contributed by atoms with Crippen molar-refractivity contribution in [3.63, 3.8) is 0 Å². The maximum absolute atomic E-state index is 11.1. The molecule has 1 heterocycles. The van der Waals surface area contributed by atoms with Gasteiger partial charge in [0.1, 0.15) is 6.04 Å². The molecular weight excluding hydrogens is 210 g/mol. The number of ether oxygens (including phenoxy) is 1. The van der Waals surface area contributed by atoms with E-state index in [0.29, 0.717) is 0 Å². The van der Waals surface area contributed by atoms with Crippen LogP contribution in [0.2, 0.25) is 0 Å². The quantitative estimate of drug-likeness (QED) is 0.248. The van der Waals surface area contributed by atoms with E-state index in [1.807, 2.05) is 5.32 Å². The van der Waals surface area contributed by atoms with E-state index in [-0.39, 0.29) is 5.75 Å². The molecule has 1 rings (SSSR count). The van der Waals surface area contributed by atoms with Crippen LogP contribution < -0.4 is 16.4 Å². The average molecular weight is 219 g/mol. The number of urea groups is 1. The van der Waals surface area contributed by atoms with Crippen LogP contribution in [0.5, 0.6) is 0 Å². The van der Waals surface area contributed by atoms with Crippen LogP contribution in [0.25, 0.3) is 0 Å². The Hall–Kier alpha value is -1.28. The highest BCUT2D eigenvalue weighted by atomic mass is 32.1. The Balaban J connectivity index is 2.49. The SMILES string of the molecule is N[C@@H](CS)C(=O)OC1NC(=O)NC1=O. The number of carbonyl (C=O) groups is 3. The normalized spacial score (nSPS) is 22.6. The van der Waals surface area contributed by atoms with Crippen LogP contribution in [0.15, 0.2) is 0 Å². The summed E-state index contributed by atoms with van der Waals surface area (Å²) >= 11 is 3.78. The van der Waals surface area contributed by atoms with Gasteiger partial charge in [0.2, 0.25) is 0 Å². The first kappa shape index (κ1) is 10.8. The lowest BCUT2D eigenvalue weighted by Gasteiger charge is -2.12. The molecule has 3 amide bonds. The van der Waals surface area contributed by atoms with E-state index >= 15 is 0 Å². The molecule has 7 nitrogen and oxygen atoms in total. The number of hydrogen-bond donors (Lipinski definition) is 4. The number of rotatable bonds is 3. The molecule has 1 saturated heterocycles. The molecule has 0 aliphatic carbocycles. The Morgan fingerprint density at radius 3 is 2.71 bits per heavy atom. The van der Waals surface area contributed by atoms with E-state index in [0.717, 1.165) is 0 Å².